The molecule has 0 saturated heterocycles. The topological polar surface area (TPSA) is 95.7 Å². The van der Waals surface area contributed by atoms with E-state index in [2.05, 4.69) is 5.10 Å². The second-order valence-electron chi connectivity index (χ2n) is 8.65. The third-order valence-electron chi connectivity index (χ3n) is 6.26. The molecule has 0 amide bonds. The van der Waals surface area contributed by atoms with Gasteiger partial charge in [-0.25, -0.2) is 13.1 Å². The third kappa shape index (κ3) is 4.50. The number of benzene rings is 1. The molecule has 1 saturated carbocycles. The summed E-state index contributed by atoms with van der Waals surface area (Å²) in [6.45, 7) is 2.66. The van der Waals surface area contributed by atoms with E-state index in [4.69, 9.17) is 11.6 Å². The van der Waals surface area contributed by atoms with Gasteiger partial charge in [-0.2, -0.15) is 5.10 Å². The van der Waals surface area contributed by atoms with E-state index in [9.17, 15) is 18.6 Å². The highest BCUT2D eigenvalue weighted by atomic mass is 35.5. The summed E-state index contributed by atoms with van der Waals surface area (Å²) in [5.74, 6) is -0.0648. The number of nitrogens with zero attached hydrogens (tertiary/aromatic N) is 3. The molecule has 9 heteroatoms. The van der Waals surface area contributed by atoms with Crippen LogP contribution in [0, 0.1) is 5.41 Å². The molecule has 0 bridgehead atoms. The lowest BCUT2D eigenvalue weighted by Crippen LogP contribution is -2.40. The second kappa shape index (κ2) is 9.02. The number of aliphatic hydroxyl groups is 2. The largest absolute Gasteiger partial charge is 0.396 e. The van der Waals surface area contributed by atoms with Crippen molar-refractivity contribution in [3.63, 3.8) is 0 Å². The van der Waals surface area contributed by atoms with Crippen LogP contribution in [-0.4, -0.2) is 58.4 Å². The van der Waals surface area contributed by atoms with Crippen molar-refractivity contribution in [2.24, 2.45) is 5.41 Å². The Labute approximate surface area is 193 Å². The van der Waals surface area contributed by atoms with Crippen molar-refractivity contribution in [1.82, 2.24) is 14.7 Å². The molecule has 1 aliphatic heterocycles. The zero-order valence-corrected chi connectivity index (χ0v) is 19.6. The molecular formula is C23H28ClN3O4S. The SMILES string of the molecule is CCCN1C=C(n2cc(-c3ccc(S(=O)(=O)CC4(CO)CCC4)cc3Cl)cn2)C=CC1O. The van der Waals surface area contributed by atoms with Crippen LogP contribution in [0.1, 0.15) is 32.6 Å². The third-order valence-corrected chi connectivity index (χ3v) is 8.54. The molecule has 1 aromatic heterocycles. The molecule has 1 atom stereocenters. The fourth-order valence-electron chi connectivity index (χ4n) is 4.21. The van der Waals surface area contributed by atoms with E-state index in [1.54, 1.807) is 29.1 Å². The monoisotopic (exact) mass is 477 g/mol. The number of allylic oxidation sites excluding steroid dienone is 2. The van der Waals surface area contributed by atoms with Crippen LogP contribution in [-0.2, 0) is 9.84 Å². The van der Waals surface area contributed by atoms with Crippen molar-refractivity contribution in [3.8, 4) is 11.1 Å². The summed E-state index contributed by atoms with van der Waals surface area (Å²) >= 11 is 6.48. The molecule has 7 nitrogen and oxygen atoms in total. The van der Waals surface area contributed by atoms with Crippen LogP contribution in [0.15, 0.2) is 53.8 Å². The van der Waals surface area contributed by atoms with Gasteiger partial charge >= 0.3 is 0 Å². The Bertz CT molecular complexity index is 1150. The summed E-state index contributed by atoms with van der Waals surface area (Å²) in [7, 11) is -3.55. The predicted octanol–water partition coefficient (Wildman–Crippen LogP) is 3.54. The van der Waals surface area contributed by atoms with Gasteiger partial charge in [0.25, 0.3) is 0 Å². The summed E-state index contributed by atoms with van der Waals surface area (Å²) in [6, 6.07) is 4.74. The molecule has 0 spiro atoms. The lowest BCUT2D eigenvalue weighted by atomic mass is 9.71. The van der Waals surface area contributed by atoms with E-state index in [1.807, 2.05) is 30.3 Å². The van der Waals surface area contributed by atoms with Crippen LogP contribution in [0.5, 0.6) is 0 Å². The maximum absolute atomic E-state index is 12.9. The molecule has 2 heterocycles. The number of halogens is 1. The summed E-state index contributed by atoms with van der Waals surface area (Å²) in [4.78, 5) is 2.00. The Hall–Kier alpha value is -2.13. The van der Waals surface area contributed by atoms with Gasteiger partial charge in [-0.05, 0) is 43.5 Å². The molecule has 1 unspecified atom stereocenters. The van der Waals surface area contributed by atoms with Gasteiger partial charge in [-0.15, -0.1) is 0 Å². The first-order chi connectivity index (χ1) is 15.3. The first-order valence-electron chi connectivity index (χ1n) is 10.8. The number of aliphatic hydroxyl groups excluding tert-OH is 2. The van der Waals surface area contributed by atoms with Crippen molar-refractivity contribution in [3.05, 3.63) is 54.0 Å². The highest BCUT2D eigenvalue weighted by Gasteiger charge is 2.41. The maximum atomic E-state index is 12.9. The van der Waals surface area contributed by atoms with Crippen molar-refractivity contribution >= 4 is 27.1 Å². The van der Waals surface area contributed by atoms with Crippen molar-refractivity contribution in [2.75, 3.05) is 18.9 Å². The van der Waals surface area contributed by atoms with Crippen molar-refractivity contribution in [2.45, 2.75) is 43.7 Å². The highest BCUT2D eigenvalue weighted by Crippen LogP contribution is 2.43. The Morgan fingerprint density at radius 1 is 1.31 bits per heavy atom. The van der Waals surface area contributed by atoms with E-state index in [1.165, 1.54) is 6.07 Å². The zero-order chi connectivity index (χ0) is 22.9. The highest BCUT2D eigenvalue weighted by molar-refractivity contribution is 7.91. The van der Waals surface area contributed by atoms with E-state index < -0.39 is 21.5 Å². The number of hydrogen-bond acceptors (Lipinski definition) is 6. The summed E-state index contributed by atoms with van der Waals surface area (Å²) in [5, 5.41) is 24.4. The molecule has 2 aliphatic rings. The van der Waals surface area contributed by atoms with Gasteiger partial charge in [0.05, 0.1) is 22.5 Å². The Kier molecular flexibility index (Phi) is 6.49. The van der Waals surface area contributed by atoms with E-state index in [-0.39, 0.29) is 17.3 Å². The zero-order valence-electron chi connectivity index (χ0n) is 18.0. The number of aromatic nitrogens is 2. The fraction of sp³-hybridized carbons (Fsp3) is 0.435. The van der Waals surface area contributed by atoms with Gasteiger partial charge in [-0.3, -0.25) is 0 Å². The molecule has 32 heavy (non-hydrogen) atoms. The van der Waals surface area contributed by atoms with Crippen molar-refractivity contribution < 1.29 is 18.6 Å². The molecule has 1 aliphatic carbocycles. The Morgan fingerprint density at radius 3 is 2.72 bits per heavy atom. The van der Waals surface area contributed by atoms with Crippen LogP contribution in [0.25, 0.3) is 16.8 Å². The fourth-order valence-corrected chi connectivity index (χ4v) is 6.49. The van der Waals surface area contributed by atoms with Crippen LogP contribution >= 0.6 is 11.6 Å². The summed E-state index contributed by atoms with van der Waals surface area (Å²) in [5.41, 5.74) is 1.72. The Morgan fingerprint density at radius 2 is 2.09 bits per heavy atom. The minimum absolute atomic E-state index is 0.0648. The molecular weight excluding hydrogens is 450 g/mol. The number of sulfone groups is 1. The minimum Gasteiger partial charge on any atom is -0.396 e. The summed E-state index contributed by atoms with van der Waals surface area (Å²) < 4.78 is 27.5. The standard InChI is InChI=1S/C23H28ClN3O4S/c1-2-10-26-14-18(4-7-22(26)29)27-13-17(12-25-27)20-6-5-19(11-21(20)24)32(30,31)16-23(15-28)8-3-9-23/h4-7,11-14,22,28-29H,2-3,8-10,15-16H2,1H3. The van der Waals surface area contributed by atoms with E-state index in [0.717, 1.165) is 43.5 Å². The van der Waals surface area contributed by atoms with Crippen molar-refractivity contribution in [1.29, 1.82) is 0 Å². The van der Waals surface area contributed by atoms with Crippen LogP contribution < -0.4 is 0 Å². The molecule has 1 aromatic carbocycles. The Balaban J connectivity index is 1.56. The molecule has 1 fully saturated rings. The normalized spacial score (nSPS) is 20.2. The van der Waals surface area contributed by atoms with Gasteiger partial charge in [0, 0.05) is 47.1 Å². The second-order valence-corrected chi connectivity index (χ2v) is 11.0. The molecule has 2 aromatic rings. The van der Waals surface area contributed by atoms with Crippen LogP contribution in [0.3, 0.4) is 0 Å². The van der Waals surface area contributed by atoms with Gasteiger partial charge < -0.3 is 15.1 Å². The average molecular weight is 478 g/mol. The van der Waals surface area contributed by atoms with E-state index >= 15 is 0 Å². The maximum Gasteiger partial charge on any atom is 0.179 e. The van der Waals surface area contributed by atoms with Gasteiger partial charge in [0.1, 0.15) is 6.23 Å². The predicted molar refractivity (Wildman–Crippen MR) is 125 cm³/mol. The molecule has 2 N–H and O–H groups in total. The quantitative estimate of drug-likeness (QED) is 0.603. The van der Waals surface area contributed by atoms with Crippen LogP contribution in [0.2, 0.25) is 5.02 Å². The average Bonchev–Trinajstić information content (AvgIpc) is 3.22. The number of hydrogen-bond donors (Lipinski definition) is 2. The van der Waals surface area contributed by atoms with Crippen LogP contribution in [0.4, 0.5) is 0 Å². The smallest absolute Gasteiger partial charge is 0.179 e. The lowest BCUT2D eigenvalue weighted by Gasteiger charge is -2.39. The first kappa shape index (κ1) is 23.0. The minimum atomic E-state index is -3.55. The van der Waals surface area contributed by atoms with Gasteiger partial charge in [0.15, 0.2) is 9.84 Å². The number of rotatable bonds is 8. The lowest BCUT2D eigenvalue weighted by molar-refractivity contribution is 0.0667. The van der Waals surface area contributed by atoms with E-state index in [0.29, 0.717) is 10.6 Å². The molecule has 4 rings (SSSR count). The molecule has 172 valence electrons. The first-order valence-corrected chi connectivity index (χ1v) is 12.8. The summed E-state index contributed by atoms with van der Waals surface area (Å²) in [6.07, 6.45) is 11.5. The van der Waals surface area contributed by atoms with Gasteiger partial charge in [-0.1, -0.05) is 31.0 Å². The van der Waals surface area contributed by atoms with Gasteiger partial charge in [0.2, 0.25) is 0 Å². The molecule has 0 radical (unpaired) electrons.